The van der Waals surface area contributed by atoms with Crippen molar-refractivity contribution in [3.05, 3.63) is 12.2 Å². The fraction of sp³-hybridized carbons (Fsp3) is 0.778. The van der Waals surface area contributed by atoms with E-state index in [9.17, 15) is 0 Å². The minimum Gasteiger partial charge on any atom is -0.316 e. The Bertz CT molecular complexity index is 182. The van der Waals surface area contributed by atoms with E-state index in [1.165, 1.54) is 26.2 Å². The largest absolute Gasteiger partial charge is 0.316 e. The van der Waals surface area contributed by atoms with Crippen LogP contribution in [0, 0.1) is 11.8 Å². The van der Waals surface area contributed by atoms with Gasteiger partial charge < -0.3 is 5.32 Å². The van der Waals surface area contributed by atoms with E-state index < -0.39 is 0 Å². The highest BCUT2D eigenvalue weighted by atomic mass is 15.2. The van der Waals surface area contributed by atoms with Gasteiger partial charge in [0.15, 0.2) is 0 Å². The molecule has 0 amide bonds. The fourth-order valence-electron chi connectivity index (χ4n) is 2.67. The molecular formula is C9H14N2. The van der Waals surface area contributed by atoms with Crippen molar-refractivity contribution in [2.45, 2.75) is 6.04 Å². The molecule has 2 heterocycles. The van der Waals surface area contributed by atoms with Crippen LogP contribution in [0.5, 0.6) is 0 Å². The summed E-state index contributed by atoms with van der Waals surface area (Å²) in [5.41, 5.74) is 0. The topological polar surface area (TPSA) is 15.3 Å². The van der Waals surface area contributed by atoms with Gasteiger partial charge in [0, 0.05) is 19.1 Å². The molecule has 0 aromatic heterocycles. The maximum Gasteiger partial charge on any atom is 0.0190 e. The maximum atomic E-state index is 3.43. The second-order valence-electron chi connectivity index (χ2n) is 3.90. The number of rotatable bonds is 1. The van der Waals surface area contributed by atoms with Crippen LogP contribution in [-0.4, -0.2) is 37.1 Å². The molecule has 2 fully saturated rings. The summed E-state index contributed by atoms with van der Waals surface area (Å²) in [5.74, 6) is 1.99. The molecule has 1 saturated carbocycles. The molecule has 2 heteroatoms. The molecule has 1 N–H and O–H groups in total. The van der Waals surface area contributed by atoms with Gasteiger partial charge >= 0.3 is 0 Å². The second-order valence-corrected chi connectivity index (χ2v) is 3.90. The normalized spacial score (nSPS) is 48.2. The standard InChI is InChI=1S/C9H14N2/c1-2-4-11(3-1)9-7-5-10-6-8(7)9/h1-2,7-10H,3-6H2. The van der Waals surface area contributed by atoms with Crippen molar-refractivity contribution >= 4 is 0 Å². The maximum absolute atomic E-state index is 3.43. The third-order valence-corrected chi connectivity index (χ3v) is 3.31. The highest BCUT2D eigenvalue weighted by Gasteiger charge is 2.55. The lowest BCUT2D eigenvalue weighted by atomic mass is 10.4. The Kier molecular flexibility index (Phi) is 1.17. The van der Waals surface area contributed by atoms with Crippen molar-refractivity contribution in [1.29, 1.82) is 0 Å². The summed E-state index contributed by atoms with van der Waals surface area (Å²) < 4.78 is 0. The average molecular weight is 150 g/mol. The van der Waals surface area contributed by atoms with Crippen molar-refractivity contribution in [3.8, 4) is 0 Å². The Hall–Kier alpha value is -0.340. The van der Waals surface area contributed by atoms with Crippen LogP contribution in [0.1, 0.15) is 0 Å². The van der Waals surface area contributed by atoms with E-state index in [0.29, 0.717) is 0 Å². The first-order valence-electron chi connectivity index (χ1n) is 4.56. The highest BCUT2D eigenvalue weighted by molar-refractivity contribution is 5.13. The van der Waals surface area contributed by atoms with E-state index in [-0.39, 0.29) is 0 Å². The number of nitrogens with one attached hydrogen (secondary N) is 1. The van der Waals surface area contributed by atoms with E-state index in [0.717, 1.165) is 17.9 Å². The van der Waals surface area contributed by atoms with Crippen LogP contribution in [0.25, 0.3) is 0 Å². The zero-order valence-corrected chi connectivity index (χ0v) is 6.66. The molecule has 0 bridgehead atoms. The number of hydrogen-bond acceptors (Lipinski definition) is 2. The van der Waals surface area contributed by atoms with Gasteiger partial charge in [0.1, 0.15) is 0 Å². The summed E-state index contributed by atoms with van der Waals surface area (Å²) in [6.07, 6.45) is 4.59. The van der Waals surface area contributed by atoms with Gasteiger partial charge in [0.25, 0.3) is 0 Å². The van der Waals surface area contributed by atoms with Crippen molar-refractivity contribution < 1.29 is 0 Å². The van der Waals surface area contributed by atoms with Gasteiger partial charge in [-0.05, 0) is 24.9 Å². The van der Waals surface area contributed by atoms with Gasteiger partial charge in [-0.2, -0.15) is 0 Å². The third kappa shape index (κ3) is 0.797. The van der Waals surface area contributed by atoms with E-state index >= 15 is 0 Å². The Morgan fingerprint density at radius 1 is 1.09 bits per heavy atom. The molecule has 11 heavy (non-hydrogen) atoms. The number of fused-ring (bicyclic) bond motifs is 1. The Morgan fingerprint density at radius 2 is 1.73 bits per heavy atom. The Labute approximate surface area is 67.3 Å². The van der Waals surface area contributed by atoms with Gasteiger partial charge in [0.2, 0.25) is 0 Å². The SMILES string of the molecule is C1=CCN(C2C3CNCC32)C1. The van der Waals surface area contributed by atoms with Crippen molar-refractivity contribution in [3.63, 3.8) is 0 Å². The molecule has 2 atom stereocenters. The van der Waals surface area contributed by atoms with E-state index in [1.807, 2.05) is 0 Å². The zero-order chi connectivity index (χ0) is 7.26. The molecule has 2 aliphatic heterocycles. The lowest BCUT2D eigenvalue weighted by Gasteiger charge is -2.16. The summed E-state index contributed by atoms with van der Waals surface area (Å²) >= 11 is 0. The number of piperidine rings is 1. The summed E-state index contributed by atoms with van der Waals surface area (Å²) in [6, 6.07) is 0.936. The molecule has 0 spiro atoms. The molecule has 3 rings (SSSR count). The smallest absolute Gasteiger partial charge is 0.0190 e. The predicted molar refractivity (Wildman–Crippen MR) is 44.4 cm³/mol. The van der Waals surface area contributed by atoms with Crippen LogP contribution in [0.3, 0.4) is 0 Å². The highest BCUT2D eigenvalue weighted by Crippen LogP contribution is 2.45. The molecule has 1 aliphatic carbocycles. The first kappa shape index (κ1) is 6.21. The molecule has 0 aromatic carbocycles. The molecular weight excluding hydrogens is 136 g/mol. The van der Waals surface area contributed by atoms with E-state index in [1.54, 1.807) is 0 Å². The van der Waals surface area contributed by atoms with Gasteiger partial charge in [-0.25, -0.2) is 0 Å². The van der Waals surface area contributed by atoms with Crippen LogP contribution < -0.4 is 5.32 Å². The predicted octanol–water partition coefficient (Wildman–Crippen LogP) is 0.0760. The Balaban J connectivity index is 1.66. The van der Waals surface area contributed by atoms with Crippen LogP contribution in [0.15, 0.2) is 12.2 Å². The monoisotopic (exact) mass is 150 g/mol. The van der Waals surface area contributed by atoms with Gasteiger partial charge in [0.05, 0.1) is 0 Å². The van der Waals surface area contributed by atoms with Gasteiger partial charge in [-0.1, -0.05) is 12.2 Å². The van der Waals surface area contributed by atoms with Crippen molar-refractivity contribution in [2.75, 3.05) is 26.2 Å². The molecule has 2 nitrogen and oxygen atoms in total. The van der Waals surface area contributed by atoms with Gasteiger partial charge in [-0.15, -0.1) is 0 Å². The quantitative estimate of drug-likeness (QED) is 0.532. The van der Waals surface area contributed by atoms with Gasteiger partial charge in [-0.3, -0.25) is 4.90 Å². The first-order chi connectivity index (χ1) is 5.47. The first-order valence-corrected chi connectivity index (χ1v) is 4.56. The van der Waals surface area contributed by atoms with Crippen molar-refractivity contribution in [2.24, 2.45) is 11.8 Å². The van der Waals surface area contributed by atoms with E-state index in [4.69, 9.17) is 0 Å². The van der Waals surface area contributed by atoms with Crippen LogP contribution in [0.2, 0.25) is 0 Å². The molecule has 2 unspecified atom stereocenters. The van der Waals surface area contributed by atoms with Crippen LogP contribution >= 0.6 is 0 Å². The van der Waals surface area contributed by atoms with E-state index in [2.05, 4.69) is 22.4 Å². The molecule has 0 aromatic rings. The third-order valence-electron chi connectivity index (χ3n) is 3.31. The zero-order valence-electron chi connectivity index (χ0n) is 6.66. The molecule has 0 radical (unpaired) electrons. The summed E-state index contributed by atoms with van der Waals surface area (Å²) in [5, 5.41) is 3.43. The van der Waals surface area contributed by atoms with Crippen LogP contribution in [-0.2, 0) is 0 Å². The minimum atomic E-state index is 0.936. The summed E-state index contributed by atoms with van der Waals surface area (Å²) in [6.45, 7) is 4.95. The summed E-state index contributed by atoms with van der Waals surface area (Å²) in [7, 11) is 0. The van der Waals surface area contributed by atoms with Crippen LogP contribution in [0.4, 0.5) is 0 Å². The second kappa shape index (κ2) is 2.08. The lowest BCUT2D eigenvalue weighted by molar-refractivity contribution is 0.303. The lowest BCUT2D eigenvalue weighted by Crippen LogP contribution is -2.30. The van der Waals surface area contributed by atoms with Crippen molar-refractivity contribution in [1.82, 2.24) is 10.2 Å². The Morgan fingerprint density at radius 3 is 2.36 bits per heavy atom. The fourth-order valence-corrected chi connectivity index (χ4v) is 2.67. The number of hydrogen-bond donors (Lipinski definition) is 1. The molecule has 1 saturated heterocycles. The average Bonchev–Trinajstić information content (AvgIpc) is 2.57. The summed E-state index contributed by atoms with van der Waals surface area (Å²) in [4.78, 5) is 2.61. The molecule has 60 valence electrons. The molecule has 3 aliphatic rings. The number of nitrogens with zero attached hydrogens (tertiary/aromatic N) is 1. The minimum absolute atomic E-state index is 0.936.